The van der Waals surface area contributed by atoms with Crippen LogP contribution in [0.5, 0.6) is 5.75 Å². The van der Waals surface area contributed by atoms with E-state index >= 15 is 0 Å². The maximum Gasteiger partial charge on any atom is 0.138 e. The summed E-state index contributed by atoms with van der Waals surface area (Å²) < 4.78 is 7.22. The summed E-state index contributed by atoms with van der Waals surface area (Å²) in [6.45, 7) is 6.52. The van der Waals surface area contributed by atoms with Gasteiger partial charge in [-0.3, -0.25) is 0 Å². The van der Waals surface area contributed by atoms with E-state index in [9.17, 15) is 0 Å². The van der Waals surface area contributed by atoms with Gasteiger partial charge in [-0.05, 0) is 62.9 Å². The number of benzene rings is 1. The average molecular weight is 361 g/mol. The van der Waals surface area contributed by atoms with E-state index in [1.165, 1.54) is 6.42 Å². The number of hydrogen-bond acceptors (Lipinski definition) is 2. The van der Waals surface area contributed by atoms with Crippen LogP contribution in [0.4, 0.5) is 0 Å². The van der Waals surface area contributed by atoms with Crippen molar-refractivity contribution < 1.29 is 4.74 Å². The van der Waals surface area contributed by atoms with Crippen molar-refractivity contribution in [3.63, 3.8) is 0 Å². The van der Waals surface area contributed by atoms with Gasteiger partial charge in [-0.15, -0.1) is 0 Å². The second-order valence-corrected chi connectivity index (χ2v) is 7.38. The van der Waals surface area contributed by atoms with E-state index < -0.39 is 0 Å². The smallest absolute Gasteiger partial charge is 0.138 e. The van der Waals surface area contributed by atoms with Crippen LogP contribution in [-0.4, -0.2) is 18.7 Å². The van der Waals surface area contributed by atoms with Gasteiger partial charge in [0.1, 0.15) is 11.4 Å². The van der Waals surface area contributed by atoms with Crippen LogP contribution in [0.1, 0.15) is 39.5 Å². The molecule has 0 spiro atoms. The Morgan fingerprint density at radius 2 is 2.15 bits per heavy atom. The molecular weight excluding hydrogens is 338 g/mol. The number of hydrogen-bond donors (Lipinski definition) is 1. The van der Waals surface area contributed by atoms with E-state index in [0.717, 1.165) is 42.6 Å². The lowest BCUT2D eigenvalue weighted by atomic mass is 9.77. The summed E-state index contributed by atoms with van der Waals surface area (Å²) in [6, 6.07) is 5.82. The molecule has 2 rings (SSSR count). The topological polar surface area (TPSA) is 21.3 Å². The molecule has 0 aliphatic heterocycles. The van der Waals surface area contributed by atoms with Crippen LogP contribution < -0.4 is 10.1 Å². The van der Waals surface area contributed by atoms with E-state index in [-0.39, 0.29) is 5.60 Å². The molecule has 1 aliphatic rings. The molecule has 1 N–H and O–H groups in total. The largest absolute Gasteiger partial charge is 0.486 e. The molecule has 0 saturated heterocycles. The van der Waals surface area contributed by atoms with Crippen molar-refractivity contribution in [2.75, 3.05) is 13.1 Å². The first kappa shape index (κ1) is 16.1. The van der Waals surface area contributed by atoms with Crippen molar-refractivity contribution >= 4 is 27.5 Å². The molecule has 0 radical (unpaired) electrons. The van der Waals surface area contributed by atoms with Gasteiger partial charge in [0.2, 0.25) is 0 Å². The van der Waals surface area contributed by atoms with Gasteiger partial charge in [0, 0.05) is 4.47 Å². The van der Waals surface area contributed by atoms with E-state index in [0.29, 0.717) is 10.9 Å². The number of ether oxygens (including phenoxy) is 1. The Hall–Kier alpha value is -0.250. The van der Waals surface area contributed by atoms with E-state index in [1.807, 2.05) is 18.2 Å². The molecule has 1 aromatic carbocycles. The molecule has 0 heterocycles. The molecule has 0 atom stereocenters. The molecule has 0 unspecified atom stereocenters. The average Bonchev–Trinajstić information content (AvgIpc) is 2.33. The predicted molar refractivity (Wildman–Crippen MR) is 88.7 cm³/mol. The summed E-state index contributed by atoms with van der Waals surface area (Å²) >= 11 is 9.67. The van der Waals surface area contributed by atoms with Gasteiger partial charge in [0.25, 0.3) is 0 Å². The summed E-state index contributed by atoms with van der Waals surface area (Å²) in [5, 5.41) is 4.18. The molecule has 4 heteroatoms. The maximum absolute atomic E-state index is 6.25. The van der Waals surface area contributed by atoms with Crippen molar-refractivity contribution in [2.45, 2.75) is 45.1 Å². The zero-order chi connectivity index (χ0) is 14.6. The fraction of sp³-hybridized carbons (Fsp3) is 0.625. The first-order chi connectivity index (χ1) is 9.51. The van der Waals surface area contributed by atoms with Gasteiger partial charge in [-0.2, -0.15) is 0 Å². The van der Waals surface area contributed by atoms with E-state index in [2.05, 4.69) is 35.1 Å². The number of rotatable bonds is 7. The second kappa shape index (κ2) is 7.15. The molecule has 1 aliphatic carbocycles. The highest BCUT2D eigenvalue weighted by Crippen LogP contribution is 2.41. The molecule has 112 valence electrons. The van der Waals surface area contributed by atoms with E-state index in [1.54, 1.807) is 0 Å². The highest BCUT2D eigenvalue weighted by atomic mass is 79.9. The molecular formula is C16H23BrClNO. The standard InChI is InChI=1S/C16H23BrClNO/c1-12(2)11-19-9-8-16(6-3-7-16)20-15-5-4-13(17)10-14(15)18/h4-5,10,12,19H,3,6-9,11H2,1-2H3. The zero-order valence-corrected chi connectivity index (χ0v) is 14.6. The van der Waals surface area contributed by atoms with Crippen LogP contribution in [0, 0.1) is 5.92 Å². The molecule has 1 saturated carbocycles. The lowest BCUT2D eigenvalue weighted by Gasteiger charge is -2.42. The summed E-state index contributed by atoms with van der Waals surface area (Å²) in [6.07, 6.45) is 4.55. The Labute approximate surface area is 135 Å². The Morgan fingerprint density at radius 3 is 2.70 bits per heavy atom. The molecule has 0 bridgehead atoms. The highest BCUT2D eigenvalue weighted by Gasteiger charge is 2.39. The van der Waals surface area contributed by atoms with Crippen LogP contribution in [0.15, 0.2) is 22.7 Å². The third-order valence-corrected chi connectivity index (χ3v) is 4.58. The van der Waals surface area contributed by atoms with Gasteiger partial charge in [0.15, 0.2) is 0 Å². The van der Waals surface area contributed by atoms with Crippen LogP contribution in [-0.2, 0) is 0 Å². The monoisotopic (exact) mass is 359 g/mol. The molecule has 1 fully saturated rings. The summed E-state index contributed by atoms with van der Waals surface area (Å²) in [5.74, 6) is 1.49. The van der Waals surface area contributed by atoms with Crippen LogP contribution in [0.25, 0.3) is 0 Å². The Morgan fingerprint density at radius 1 is 1.40 bits per heavy atom. The lowest BCUT2D eigenvalue weighted by Crippen LogP contribution is -2.45. The Balaban J connectivity index is 1.90. The quantitative estimate of drug-likeness (QED) is 0.688. The summed E-state index contributed by atoms with van der Waals surface area (Å²) in [4.78, 5) is 0. The summed E-state index contributed by atoms with van der Waals surface area (Å²) in [5.41, 5.74) is -0.0125. The van der Waals surface area contributed by atoms with Gasteiger partial charge in [-0.25, -0.2) is 0 Å². The number of halogens is 2. The van der Waals surface area contributed by atoms with Crippen molar-refractivity contribution in [1.29, 1.82) is 0 Å². The van der Waals surface area contributed by atoms with Gasteiger partial charge in [0.05, 0.1) is 5.02 Å². The van der Waals surface area contributed by atoms with Gasteiger partial charge >= 0.3 is 0 Å². The van der Waals surface area contributed by atoms with E-state index in [4.69, 9.17) is 16.3 Å². The molecule has 1 aromatic rings. The Kier molecular flexibility index (Phi) is 5.76. The molecule has 0 amide bonds. The lowest BCUT2D eigenvalue weighted by molar-refractivity contribution is -0.0142. The predicted octanol–water partition coefficient (Wildman–Crippen LogP) is 5.04. The second-order valence-electron chi connectivity index (χ2n) is 6.06. The number of nitrogens with one attached hydrogen (secondary N) is 1. The Bertz CT molecular complexity index is 446. The minimum Gasteiger partial charge on any atom is -0.486 e. The fourth-order valence-corrected chi connectivity index (χ4v) is 3.18. The zero-order valence-electron chi connectivity index (χ0n) is 12.2. The van der Waals surface area contributed by atoms with Gasteiger partial charge in [-0.1, -0.05) is 41.4 Å². The minimum absolute atomic E-state index is 0.0125. The SMILES string of the molecule is CC(C)CNCCC1(Oc2ccc(Br)cc2Cl)CCC1. The minimum atomic E-state index is -0.0125. The van der Waals surface area contributed by atoms with Crippen molar-refractivity contribution in [1.82, 2.24) is 5.32 Å². The summed E-state index contributed by atoms with van der Waals surface area (Å²) in [7, 11) is 0. The van der Waals surface area contributed by atoms with Crippen molar-refractivity contribution in [2.24, 2.45) is 5.92 Å². The molecule has 0 aromatic heterocycles. The molecule has 20 heavy (non-hydrogen) atoms. The third-order valence-electron chi connectivity index (χ3n) is 3.80. The normalized spacial score (nSPS) is 17.1. The first-order valence-corrected chi connectivity index (χ1v) is 8.53. The highest BCUT2D eigenvalue weighted by molar-refractivity contribution is 9.10. The fourth-order valence-electron chi connectivity index (χ4n) is 2.47. The third kappa shape index (κ3) is 4.37. The van der Waals surface area contributed by atoms with Gasteiger partial charge < -0.3 is 10.1 Å². The van der Waals surface area contributed by atoms with Crippen molar-refractivity contribution in [3.05, 3.63) is 27.7 Å². The van der Waals surface area contributed by atoms with Crippen molar-refractivity contribution in [3.8, 4) is 5.75 Å². The first-order valence-electron chi connectivity index (χ1n) is 7.35. The van der Waals surface area contributed by atoms with Crippen LogP contribution in [0.3, 0.4) is 0 Å². The molecule has 2 nitrogen and oxygen atoms in total. The maximum atomic E-state index is 6.25. The van der Waals surface area contributed by atoms with Crippen LogP contribution in [0.2, 0.25) is 5.02 Å². The van der Waals surface area contributed by atoms with Crippen LogP contribution >= 0.6 is 27.5 Å².